The highest BCUT2D eigenvalue weighted by Crippen LogP contribution is 2.23. The number of aliphatic hydroxyl groups is 1. The molecule has 21 heavy (non-hydrogen) atoms. The fraction of sp³-hybridized carbons (Fsp3) is 0.467. The number of hydrogen-bond donors (Lipinski definition) is 2. The maximum Gasteiger partial charge on any atom is 0.337 e. The van der Waals surface area contributed by atoms with E-state index in [2.05, 4.69) is 0 Å². The molecule has 0 aromatic heterocycles. The standard InChI is InChI=1S/C15H20O6/c1-3-20-12-8-10(5-6-13(16)21-4-2)7-11(9-12)14(17)15(18)19/h7-9,14,17H,3-6H2,1-2H3,(H,18,19). The van der Waals surface area contributed by atoms with Crippen molar-refractivity contribution in [3.8, 4) is 5.75 Å². The predicted molar refractivity (Wildman–Crippen MR) is 75.2 cm³/mol. The zero-order chi connectivity index (χ0) is 15.8. The Labute approximate surface area is 123 Å². The lowest BCUT2D eigenvalue weighted by Gasteiger charge is -2.12. The molecule has 0 radical (unpaired) electrons. The van der Waals surface area contributed by atoms with Gasteiger partial charge < -0.3 is 19.7 Å². The number of hydrogen-bond acceptors (Lipinski definition) is 5. The molecule has 0 spiro atoms. The van der Waals surface area contributed by atoms with Gasteiger partial charge in [0.25, 0.3) is 0 Å². The van der Waals surface area contributed by atoms with Crippen molar-refractivity contribution in [1.82, 2.24) is 0 Å². The summed E-state index contributed by atoms with van der Waals surface area (Å²) in [5.41, 5.74) is 0.941. The number of carboxylic acids is 1. The minimum Gasteiger partial charge on any atom is -0.494 e. The van der Waals surface area contributed by atoms with Gasteiger partial charge in [-0.25, -0.2) is 4.79 Å². The molecular weight excluding hydrogens is 276 g/mol. The summed E-state index contributed by atoms with van der Waals surface area (Å²) < 4.78 is 10.2. The summed E-state index contributed by atoms with van der Waals surface area (Å²) >= 11 is 0. The highest BCUT2D eigenvalue weighted by molar-refractivity contribution is 5.74. The van der Waals surface area contributed by atoms with Crippen molar-refractivity contribution in [1.29, 1.82) is 0 Å². The molecule has 0 bridgehead atoms. The molecule has 1 aromatic rings. The van der Waals surface area contributed by atoms with Crippen LogP contribution >= 0.6 is 0 Å². The number of carboxylic acid groups (broad SMARTS) is 1. The number of aliphatic hydroxyl groups excluding tert-OH is 1. The molecule has 0 heterocycles. The van der Waals surface area contributed by atoms with Crippen LogP contribution in [-0.4, -0.2) is 35.4 Å². The van der Waals surface area contributed by atoms with Crippen LogP contribution in [0.3, 0.4) is 0 Å². The zero-order valence-corrected chi connectivity index (χ0v) is 12.2. The van der Waals surface area contributed by atoms with Gasteiger partial charge in [0.1, 0.15) is 5.75 Å². The topological polar surface area (TPSA) is 93.1 Å². The molecule has 1 rings (SSSR count). The molecule has 0 aliphatic carbocycles. The predicted octanol–water partition coefficient (Wildman–Crippen LogP) is 1.70. The van der Waals surface area contributed by atoms with Crippen LogP contribution in [0.15, 0.2) is 18.2 Å². The van der Waals surface area contributed by atoms with Gasteiger partial charge in [0, 0.05) is 6.42 Å². The number of rotatable bonds is 8. The second-order valence-electron chi connectivity index (χ2n) is 4.39. The average molecular weight is 296 g/mol. The number of aryl methyl sites for hydroxylation is 1. The van der Waals surface area contributed by atoms with E-state index in [1.165, 1.54) is 6.07 Å². The molecule has 6 heteroatoms. The molecule has 0 aliphatic rings. The van der Waals surface area contributed by atoms with Crippen molar-refractivity contribution < 1.29 is 29.3 Å². The van der Waals surface area contributed by atoms with Crippen LogP contribution in [0.1, 0.15) is 37.5 Å². The average Bonchev–Trinajstić information content (AvgIpc) is 2.44. The monoisotopic (exact) mass is 296 g/mol. The van der Waals surface area contributed by atoms with E-state index in [1.807, 2.05) is 0 Å². The lowest BCUT2D eigenvalue weighted by atomic mass is 10.0. The van der Waals surface area contributed by atoms with Gasteiger partial charge in [0.05, 0.1) is 13.2 Å². The van der Waals surface area contributed by atoms with Crippen LogP contribution in [0, 0.1) is 0 Å². The van der Waals surface area contributed by atoms with E-state index < -0.39 is 12.1 Å². The van der Waals surface area contributed by atoms with Crippen molar-refractivity contribution in [2.45, 2.75) is 32.8 Å². The molecule has 1 unspecified atom stereocenters. The summed E-state index contributed by atoms with van der Waals surface area (Å²) in [4.78, 5) is 22.2. The summed E-state index contributed by atoms with van der Waals surface area (Å²) in [7, 11) is 0. The number of ether oxygens (including phenoxy) is 2. The fourth-order valence-corrected chi connectivity index (χ4v) is 1.86. The first-order valence-corrected chi connectivity index (χ1v) is 6.81. The van der Waals surface area contributed by atoms with Crippen LogP contribution in [0.25, 0.3) is 0 Å². The second kappa shape index (κ2) is 8.26. The van der Waals surface area contributed by atoms with Crippen LogP contribution in [0.4, 0.5) is 0 Å². The van der Waals surface area contributed by atoms with E-state index in [-0.39, 0.29) is 18.0 Å². The molecule has 2 N–H and O–H groups in total. The van der Waals surface area contributed by atoms with Gasteiger partial charge in [0.15, 0.2) is 6.10 Å². The Balaban J connectivity index is 2.91. The van der Waals surface area contributed by atoms with Gasteiger partial charge in [-0.05, 0) is 43.5 Å². The number of carbonyl (C=O) groups is 2. The Morgan fingerprint density at radius 2 is 1.90 bits per heavy atom. The van der Waals surface area contributed by atoms with Gasteiger partial charge in [-0.3, -0.25) is 4.79 Å². The maximum absolute atomic E-state index is 11.4. The summed E-state index contributed by atoms with van der Waals surface area (Å²) in [6.07, 6.45) is -1.04. The molecule has 1 atom stereocenters. The van der Waals surface area contributed by atoms with E-state index in [1.54, 1.807) is 26.0 Å². The number of benzene rings is 1. The van der Waals surface area contributed by atoms with E-state index in [4.69, 9.17) is 14.6 Å². The first kappa shape index (κ1) is 17.0. The highest BCUT2D eigenvalue weighted by Gasteiger charge is 2.18. The van der Waals surface area contributed by atoms with Crippen molar-refractivity contribution >= 4 is 11.9 Å². The van der Waals surface area contributed by atoms with Gasteiger partial charge in [0.2, 0.25) is 0 Å². The van der Waals surface area contributed by atoms with Crippen molar-refractivity contribution in [3.63, 3.8) is 0 Å². The number of esters is 1. The molecule has 0 aliphatic heterocycles. The van der Waals surface area contributed by atoms with Crippen LogP contribution in [0.2, 0.25) is 0 Å². The smallest absolute Gasteiger partial charge is 0.337 e. The summed E-state index contributed by atoms with van der Waals surface area (Å²) in [5.74, 6) is -1.19. The Bertz CT molecular complexity index is 497. The van der Waals surface area contributed by atoms with Crippen molar-refractivity contribution in [2.75, 3.05) is 13.2 Å². The Morgan fingerprint density at radius 3 is 2.48 bits per heavy atom. The molecule has 116 valence electrons. The minimum absolute atomic E-state index is 0.187. The van der Waals surface area contributed by atoms with Crippen LogP contribution < -0.4 is 4.74 Å². The second-order valence-corrected chi connectivity index (χ2v) is 4.39. The normalized spacial score (nSPS) is 11.8. The lowest BCUT2D eigenvalue weighted by molar-refractivity contribution is -0.147. The van der Waals surface area contributed by atoms with E-state index in [0.717, 1.165) is 0 Å². The van der Waals surface area contributed by atoms with E-state index >= 15 is 0 Å². The van der Waals surface area contributed by atoms with Gasteiger partial charge in [-0.15, -0.1) is 0 Å². The first-order chi connectivity index (χ1) is 9.97. The molecule has 0 saturated carbocycles. The van der Waals surface area contributed by atoms with Gasteiger partial charge in [-0.2, -0.15) is 0 Å². The maximum atomic E-state index is 11.4. The van der Waals surface area contributed by atoms with Crippen molar-refractivity contribution in [2.24, 2.45) is 0 Å². The Morgan fingerprint density at radius 1 is 1.19 bits per heavy atom. The third-order valence-corrected chi connectivity index (χ3v) is 2.77. The third-order valence-electron chi connectivity index (χ3n) is 2.77. The summed E-state index contributed by atoms with van der Waals surface area (Å²) in [6, 6.07) is 4.76. The molecule has 0 amide bonds. The highest BCUT2D eigenvalue weighted by atomic mass is 16.5. The summed E-state index contributed by atoms with van der Waals surface area (Å²) in [5, 5.41) is 18.5. The lowest BCUT2D eigenvalue weighted by Crippen LogP contribution is -2.11. The largest absolute Gasteiger partial charge is 0.494 e. The molecule has 0 saturated heterocycles. The quantitative estimate of drug-likeness (QED) is 0.709. The zero-order valence-electron chi connectivity index (χ0n) is 12.2. The molecule has 0 fully saturated rings. The Hall–Kier alpha value is -2.08. The van der Waals surface area contributed by atoms with E-state index in [9.17, 15) is 14.7 Å². The Kier molecular flexibility index (Phi) is 6.68. The molecule has 6 nitrogen and oxygen atoms in total. The number of aliphatic carboxylic acids is 1. The molecular formula is C15H20O6. The summed E-state index contributed by atoms with van der Waals surface area (Å²) in [6.45, 7) is 4.28. The van der Waals surface area contributed by atoms with Crippen molar-refractivity contribution in [3.05, 3.63) is 29.3 Å². The van der Waals surface area contributed by atoms with E-state index in [0.29, 0.717) is 30.9 Å². The fourth-order valence-electron chi connectivity index (χ4n) is 1.86. The minimum atomic E-state index is -1.62. The van der Waals surface area contributed by atoms with Gasteiger partial charge in [-0.1, -0.05) is 6.07 Å². The van der Waals surface area contributed by atoms with Crippen LogP contribution in [-0.2, 0) is 20.7 Å². The van der Waals surface area contributed by atoms with Crippen LogP contribution in [0.5, 0.6) is 5.75 Å². The number of carbonyl (C=O) groups excluding carboxylic acids is 1. The first-order valence-electron chi connectivity index (χ1n) is 6.81. The third kappa shape index (κ3) is 5.43. The molecule has 1 aromatic carbocycles. The SMILES string of the molecule is CCOC(=O)CCc1cc(OCC)cc(C(O)C(=O)O)c1. The van der Waals surface area contributed by atoms with Gasteiger partial charge >= 0.3 is 11.9 Å².